The molecule has 0 amide bonds. The molecule has 0 bridgehead atoms. The van der Waals surface area contributed by atoms with Crippen molar-refractivity contribution < 1.29 is 4.74 Å². The Labute approximate surface area is 104 Å². The number of hydrogen-bond donors (Lipinski definition) is 1. The van der Waals surface area contributed by atoms with E-state index in [4.69, 9.17) is 4.74 Å². The fraction of sp³-hybridized carbons (Fsp3) is 0.643. The van der Waals surface area contributed by atoms with Gasteiger partial charge in [-0.1, -0.05) is 18.9 Å². The maximum Gasteiger partial charge on any atom is 0.0594 e. The molecule has 0 radical (unpaired) electrons. The van der Waals surface area contributed by atoms with E-state index < -0.39 is 0 Å². The summed E-state index contributed by atoms with van der Waals surface area (Å²) < 4.78 is 5.78. The molecule has 0 aliphatic heterocycles. The predicted molar refractivity (Wildman–Crippen MR) is 68.9 cm³/mol. The molecule has 0 saturated heterocycles. The minimum atomic E-state index is 0.522. The predicted octanol–water partition coefficient (Wildman–Crippen LogP) is 2.44. The van der Waals surface area contributed by atoms with Crippen LogP contribution in [0.15, 0.2) is 18.3 Å². The summed E-state index contributed by atoms with van der Waals surface area (Å²) in [5.41, 5.74) is 2.30. The van der Waals surface area contributed by atoms with Crippen LogP contribution in [0, 0.1) is 6.92 Å². The van der Waals surface area contributed by atoms with E-state index >= 15 is 0 Å². The van der Waals surface area contributed by atoms with Crippen LogP contribution in [-0.2, 0) is 11.3 Å². The van der Waals surface area contributed by atoms with Gasteiger partial charge in [-0.2, -0.15) is 0 Å². The molecule has 0 unspecified atom stereocenters. The average Bonchev–Trinajstić information content (AvgIpc) is 2.84. The fourth-order valence-electron chi connectivity index (χ4n) is 2.17. The van der Waals surface area contributed by atoms with Gasteiger partial charge in [0.25, 0.3) is 0 Å². The molecule has 3 nitrogen and oxygen atoms in total. The molecule has 0 spiro atoms. The molecule has 3 heteroatoms. The highest BCUT2D eigenvalue weighted by Crippen LogP contribution is 2.20. The number of nitrogens with zero attached hydrogens (tertiary/aromatic N) is 1. The van der Waals surface area contributed by atoms with E-state index in [1.165, 1.54) is 31.2 Å². The quantitative estimate of drug-likeness (QED) is 0.768. The van der Waals surface area contributed by atoms with Crippen molar-refractivity contribution in [1.82, 2.24) is 10.3 Å². The molecule has 94 valence electrons. The van der Waals surface area contributed by atoms with Crippen molar-refractivity contribution in [1.29, 1.82) is 0 Å². The second-order valence-corrected chi connectivity index (χ2v) is 4.78. The molecule has 1 aliphatic carbocycles. The third-order valence-corrected chi connectivity index (χ3v) is 3.21. The lowest BCUT2D eigenvalue weighted by atomic mass is 10.3. The lowest BCUT2D eigenvalue weighted by molar-refractivity contribution is 0.0602. The van der Waals surface area contributed by atoms with Gasteiger partial charge in [0.05, 0.1) is 18.4 Å². The second-order valence-electron chi connectivity index (χ2n) is 4.78. The van der Waals surface area contributed by atoms with Gasteiger partial charge in [-0.15, -0.1) is 0 Å². The van der Waals surface area contributed by atoms with Crippen molar-refractivity contribution >= 4 is 0 Å². The van der Waals surface area contributed by atoms with Crippen LogP contribution in [0.5, 0.6) is 0 Å². The Morgan fingerprint density at radius 1 is 1.35 bits per heavy atom. The number of aryl methyl sites for hydroxylation is 1. The van der Waals surface area contributed by atoms with E-state index in [0.717, 1.165) is 25.4 Å². The third kappa shape index (κ3) is 4.44. The van der Waals surface area contributed by atoms with Gasteiger partial charge in [-0.3, -0.25) is 4.98 Å². The van der Waals surface area contributed by atoms with Crippen LogP contribution in [0.25, 0.3) is 0 Å². The number of aromatic nitrogens is 1. The number of pyridine rings is 1. The molecular formula is C14H22N2O. The molecule has 1 aromatic heterocycles. The summed E-state index contributed by atoms with van der Waals surface area (Å²) >= 11 is 0. The van der Waals surface area contributed by atoms with Gasteiger partial charge >= 0.3 is 0 Å². The van der Waals surface area contributed by atoms with E-state index in [2.05, 4.69) is 29.4 Å². The highest BCUT2D eigenvalue weighted by atomic mass is 16.5. The Bertz CT molecular complexity index is 317. The minimum absolute atomic E-state index is 0.522. The van der Waals surface area contributed by atoms with E-state index in [0.29, 0.717) is 6.10 Å². The van der Waals surface area contributed by atoms with E-state index in [-0.39, 0.29) is 0 Å². The number of ether oxygens (including phenoxy) is 1. The van der Waals surface area contributed by atoms with Crippen molar-refractivity contribution in [2.45, 2.75) is 45.3 Å². The number of hydrogen-bond acceptors (Lipinski definition) is 3. The smallest absolute Gasteiger partial charge is 0.0594 e. The molecule has 1 heterocycles. The molecule has 1 aliphatic rings. The van der Waals surface area contributed by atoms with Gasteiger partial charge in [0.15, 0.2) is 0 Å². The summed E-state index contributed by atoms with van der Waals surface area (Å²) in [7, 11) is 0. The van der Waals surface area contributed by atoms with E-state index in [1.54, 1.807) is 0 Å². The van der Waals surface area contributed by atoms with Crippen LogP contribution in [-0.4, -0.2) is 24.2 Å². The van der Waals surface area contributed by atoms with Crippen LogP contribution in [0.1, 0.15) is 36.9 Å². The van der Waals surface area contributed by atoms with E-state index in [9.17, 15) is 0 Å². The first-order valence-corrected chi connectivity index (χ1v) is 6.58. The first-order valence-electron chi connectivity index (χ1n) is 6.58. The average molecular weight is 234 g/mol. The molecular weight excluding hydrogens is 212 g/mol. The zero-order valence-corrected chi connectivity index (χ0v) is 10.6. The van der Waals surface area contributed by atoms with Crippen molar-refractivity contribution in [3.8, 4) is 0 Å². The van der Waals surface area contributed by atoms with E-state index in [1.807, 2.05) is 6.20 Å². The lowest BCUT2D eigenvalue weighted by Gasteiger charge is -2.11. The topological polar surface area (TPSA) is 34.1 Å². The summed E-state index contributed by atoms with van der Waals surface area (Å²) in [6.45, 7) is 4.61. The van der Waals surface area contributed by atoms with Gasteiger partial charge < -0.3 is 10.1 Å². The highest BCUT2D eigenvalue weighted by molar-refractivity contribution is 5.11. The van der Waals surface area contributed by atoms with Gasteiger partial charge in [0, 0.05) is 19.3 Å². The van der Waals surface area contributed by atoms with Crippen molar-refractivity contribution in [2.75, 3.05) is 13.2 Å². The molecule has 1 N–H and O–H groups in total. The van der Waals surface area contributed by atoms with Gasteiger partial charge in [0.2, 0.25) is 0 Å². The summed E-state index contributed by atoms with van der Waals surface area (Å²) in [6, 6.07) is 4.17. The number of rotatable bonds is 6. The maximum absolute atomic E-state index is 5.78. The fourth-order valence-corrected chi connectivity index (χ4v) is 2.17. The van der Waals surface area contributed by atoms with Crippen LogP contribution in [0.2, 0.25) is 0 Å². The molecule has 0 atom stereocenters. The Hall–Kier alpha value is -0.930. The molecule has 17 heavy (non-hydrogen) atoms. The standard InChI is InChI=1S/C14H22N2O/c1-12-6-7-13(16-10-12)11-15-8-9-17-14-4-2-3-5-14/h6-7,10,14-15H,2-5,8-9,11H2,1H3. The molecule has 2 rings (SSSR count). The highest BCUT2D eigenvalue weighted by Gasteiger charge is 2.14. The molecule has 1 fully saturated rings. The third-order valence-electron chi connectivity index (χ3n) is 3.21. The maximum atomic E-state index is 5.78. The Kier molecular flexibility index (Phi) is 4.95. The summed E-state index contributed by atoms with van der Waals surface area (Å²) in [6.07, 6.45) is 7.61. The van der Waals surface area contributed by atoms with Gasteiger partial charge in [-0.25, -0.2) is 0 Å². The van der Waals surface area contributed by atoms with Gasteiger partial charge in [0.1, 0.15) is 0 Å². The normalized spacial score (nSPS) is 16.5. The summed E-state index contributed by atoms with van der Waals surface area (Å²) in [5.74, 6) is 0. The van der Waals surface area contributed by atoms with Crippen LogP contribution < -0.4 is 5.32 Å². The number of nitrogens with one attached hydrogen (secondary N) is 1. The monoisotopic (exact) mass is 234 g/mol. The molecule has 0 aromatic carbocycles. The lowest BCUT2D eigenvalue weighted by Crippen LogP contribution is -2.22. The van der Waals surface area contributed by atoms with Crippen molar-refractivity contribution in [2.24, 2.45) is 0 Å². The zero-order chi connectivity index (χ0) is 11.9. The van der Waals surface area contributed by atoms with Crippen molar-refractivity contribution in [3.63, 3.8) is 0 Å². The summed E-state index contributed by atoms with van der Waals surface area (Å²) in [5, 5.41) is 3.36. The largest absolute Gasteiger partial charge is 0.377 e. The Balaban J connectivity index is 1.55. The second kappa shape index (κ2) is 6.72. The molecule has 1 saturated carbocycles. The Morgan fingerprint density at radius 2 is 2.18 bits per heavy atom. The zero-order valence-electron chi connectivity index (χ0n) is 10.6. The Morgan fingerprint density at radius 3 is 2.88 bits per heavy atom. The van der Waals surface area contributed by atoms with Crippen LogP contribution in [0.3, 0.4) is 0 Å². The van der Waals surface area contributed by atoms with Crippen LogP contribution >= 0.6 is 0 Å². The van der Waals surface area contributed by atoms with Crippen molar-refractivity contribution in [3.05, 3.63) is 29.6 Å². The van der Waals surface area contributed by atoms with Gasteiger partial charge in [-0.05, 0) is 31.4 Å². The first kappa shape index (κ1) is 12.5. The first-order chi connectivity index (χ1) is 8.34. The SMILES string of the molecule is Cc1ccc(CNCCOC2CCCC2)nc1. The molecule has 1 aromatic rings. The minimum Gasteiger partial charge on any atom is -0.377 e. The van der Waals surface area contributed by atoms with Crippen LogP contribution in [0.4, 0.5) is 0 Å². The summed E-state index contributed by atoms with van der Waals surface area (Å²) in [4.78, 5) is 4.35.